The van der Waals surface area contributed by atoms with Gasteiger partial charge in [0.1, 0.15) is 6.54 Å². The number of carbonyl (C=O) groups excluding carboxylic acids is 3. The van der Waals surface area contributed by atoms with E-state index in [9.17, 15) is 14.4 Å². The predicted molar refractivity (Wildman–Crippen MR) is 69.6 cm³/mol. The average molecular weight is 280 g/mol. The van der Waals surface area contributed by atoms with Gasteiger partial charge in [-0.1, -0.05) is 12.8 Å². The highest BCUT2D eigenvalue weighted by molar-refractivity contribution is 6.07. The van der Waals surface area contributed by atoms with E-state index in [0.717, 1.165) is 25.7 Å². The molecule has 0 unspecified atom stereocenters. The van der Waals surface area contributed by atoms with Crippen molar-refractivity contribution in [2.45, 2.75) is 25.7 Å². The summed E-state index contributed by atoms with van der Waals surface area (Å²) in [5.41, 5.74) is 0. The number of hydrogen-bond acceptors (Lipinski definition) is 4. The Labute approximate surface area is 118 Å². The highest BCUT2D eigenvalue weighted by Crippen LogP contribution is 2.37. The standard InChI is InChI=1S/C14H20N2O4/c17-12(15-5-7-20-8-6-15)9-16-13(18)10-3-1-2-4-11(10)14(16)19/h10-11H,1-9H2/t10-,11+. The number of fused-ring (bicyclic) bond motifs is 1. The molecule has 0 bridgehead atoms. The van der Waals surface area contributed by atoms with Crippen LogP contribution >= 0.6 is 0 Å². The smallest absolute Gasteiger partial charge is 0.242 e. The van der Waals surface area contributed by atoms with Crippen molar-refractivity contribution in [2.24, 2.45) is 11.8 Å². The van der Waals surface area contributed by atoms with Gasteiger partial charge in [0.2, 0.25) is 17.7 Å². The normalized spacial score (nSPS) is 30.6. The van der Waals surface area contributed by atoms with Crippen LogP contribution in [0, 0.1) is 11.8 Å². The van der Waals surface area contributed by atoms with Crippen LogP contribution in [0.5, 0.6) is 0 Å². The number of morpholine rings is 1. The second kappa shape index (κ2) is 5.52. The van der Waals surface area contributed by atoms with Gasteiger partial charge in [0.15, 0.2) is 0 Å². The van der Waals surface area contributed by atoms with E-state index < -0.39 is 0 Å². The third-order valence-electron chi connectivity index (χ3n) is 4.59. The van der Waals surface area contributed by atoms with E-state index in [0.29, 0.717) is 26.3 Å². The van der Waals surface area contributed by atoms with Crippen LogP contribution in [0.3, 0.4) is 0 Å². The van der Waals surface area contributed by atoms with E-state index in [4.69, 9.17) is 4.74 Å². The Morgan fingerprint density at radius 2 is 1.60 bits per heavy atom. The van der Waals surface area contributed by atoms with Crippen molar-refractivity contribution in [3.63, 3.8) is 0 Å². The fourth-order valence-corrected chi connectivity index (χ4v) is 3.43. The Hall–Kier alpha value is -1.43. The molecule has 0 radical (unpaired) electrons. The Morgan fingerprint density at radius 1 is 1.05 bits per heavy atom. The molecule has 0 N–H and O–H groups in total. The van der Waals surface area contributed by atoms with Crippen LogP contribution in [0.1, 0.15) is 25.7 Å². The molecule has 2 atom stereocenters. The van der Waals surface area contributed by atoms with Crippen molar-refractivity contribution < 1.29 is 19.1 Å². The predicted octanol–water partition coefficient (Wildman–Crippen LogP) is 0.0204. The summed E-state index contributed by atoms with van der Waals surface area (Å²) in [6.45, 7) is 2.05. The number of likely N-dealkylation sites (tertiary alicyclic amines) is 1. The molecule has 3 rings (SSSR count). The quantitative estimate of drug-likeness (QED) is 0.669. The molecule has 1 aliphatic carbocycles. The summed E-state index contributed by atoms with van der Waals surface area (Å²) < 4.78 is 5.20. The summed E-state index contributed by atoms with van der Waals surface area (Å²) in [4.78, 5) is 39.6. The van der Waals surface area contributed by atoms with Crippen LogP contribution in [-0.4, -0.2) is 60.4 Å². The van der Waals surface area contributed by atoms with E-state index in [1.807, 2.05) is 0 Å². The maximum Gasteiger partial charge on any atom is 0.242 e. The van der Waals surface area contributed by atoms with Crippen LogP contribution < -0.4 is 0 Å². The topological polar surface area (TPSA) is 66.9 Å². The van der Waals surface area contributed by atoms with Gasteiger partial charge in [0.05, 0.1) is 25.0 Å². The Kier molecular flexibility index (Phi) is 3.74. The summed E-state index contributed by atoms with van der Waals surface area (Å²) in [6.07, 6.45) is 3.59. The van der Waals surface area contributed by atoms with Crippen molar-refractivity contribution in [3.8, 4) is 0 Å². The van der Waals surface area contributed by atoms with Crippen molar-refractivity contribution in [3.05, 3.63) is 0 Å². The molecular formula is C14H20N2O4. The van der Waals surface area contributed by atoms with Gasteiger partial charge >= 0.3 is 0 Å². The number of amides is 3. The van der Waals surface area contributed by atoms with E-state index in [2.05, 4.69) is 0 Å². The summed E-state index contributed by atoms with van der Waals surface area (Å²) in [6, 6.07) is 0. The Morgan fingerprint density at radius 3 is 2.15 bits per heavy atom. The van der Waals surface area contributed by atoms with E-state index >= 15 is 0 Å². The van der Waals surface area contributed by atoms with E-state index in [1.165, 1.54) is 4.90 Å². The zero-order valence-corrected chi connectivity index (χ0v) is 11.5. The van der Waals surface area contributed by atoms with E-state index in [1.54, 1.807) is 4.90 Å². The first-order chi connectivity index (χ1) is 9.68. The van der Waals surface area contributed by atoms with Crippen molar-refractivity contribution in [1.82, 2.24) is 9.80 Å². The minimum atomic E-state index is -0.172. The minimum absolute atomic E-state index is 0.0926. The van der Waals surface area contributed by atoms with Gasteiger partial charge in [0.25, 0.3) is 0 Å². The van der Waals surface area contributed by atoms with E-state index in [-0.39, 0.29) is 36.1 Å². The molecule has 6 heteroatoms. The van der Waals surface area contributed by atoms with Crippen LogP contribution in [-0.2, 0) is 19.1 Å². The number of ether oxygens (including phenoxy) is 1. The molecule has 2 saturated heterocycles. The van der Waals surface area contributed by atoms with Crippen LogP contribution in [0.2, 0.25) is 0 Å². The Balaban J connectivity index is 1.66. The van der Waals surface area contributed by atoms with Crippen molar-refractivity contribution in [1.29, 1.82) is 0 Å². The summed E-state index contributed by atoms with van der Waals surface area (Å²) in [5.74, 6) is -0.765. The molecule has 3 fully saturated rings. The lowest BCUT2D eigenvalue weighted by atomic mass is 9.81. The number of hydrogen-bond donors (Lipinski definition) is 0. The fraction of sp³-hybridized carbons (Fsp3) is 0.786. The largest absolute Gasteiger partial charge is 0.378 e. The first kappa shape index (κ1) is 13.5. The van der Waals surface area contributed by atoms with Gasteiger partial charge in [-0.15, -0.1) is 0 Å². The number of imide groups is 1. The zero-order chi connectivity index (χ0) is 14.1. The molecule has 0 spiro atoms. The average Bonchev–Trinajstić information content (AvgIpc) is 2.74. The number of rotatable bonds is 2. The molecule has 3 amide bonds. The van der Waals surface area contributed by atoms with Crippen LogP contribution in [0.4, 0.5) is 0 Å². The van der Waals surface area contributed by atoms with Gasteiger partial charge < -0.3 is 9.64 Å². The first-order valence-corrected chi connectivity index (χ1v) is 7.39. The van der Waals surface area contributed by atoms with Gasteiger partial charge in [-0.3, -0.25) is 19.3 Å². The molecule has 110 valence electrons. The summed E-state index contributed by atoms with van der Waals surface area (Å²) in [5, 5.41) is 0. The summed E-state index contributed by atoms with van der Waals surface area (Å²) in [7, 11) is 0. The second-order valence-corrected chi connectivity index (χ2v) is 5.75. The lowest BCUT2D eigenvalue weighted by Gasteiger charge is -2.28. The maximum absolute atomic E-state index is 12.3. The highest BCUT2D eigenvalue weighted by Gasteiger charge is 2.48. The van der Waals surface area contributed by atoms with Gasteiger partial charge in [-0.25, -0.2) is 0 Å². The monoisotopic (exact) mass is 280 g/mol. The molecular weight excluding hydrogens is 260 g/mol. The van der Waals surface area contributed by atoms with Crippen molar-refractivity contribution >= 4 is 17.7 Å². The van der Waals surface area contributed by atoms with Crippen LogP contribution in [0.15, 0.2) is 0 Å². The number of nitrogens with zero attached hydrogens (tertiary/aromatic N) is 2. The highest BCUT2D eigenvalue weighted by atomic mass is 16.5. The molecule has 6 nitrogen and oxygen atoms in total. The molecule has 2 heterocycles. The molecule has 0 aromatic carbocycles. The zero-order valence-electron chi connectivity index (χ0n) is 11.5. The molecule has 2 aliphatic heterocycles. The first-order valence-electron chi connectivity index (χ1n) is 7.39. The fourth-order valence-electron chi connectivity index (χ4n) is 3.43. The molecule has 20 heavy (non-hydrogen) atoms. The maximum atomic E-state index is 12.3. The van der Waals surface area contributed by atoms with Gasteiger partial charge in [-0.05, 0) is 12.8 Å². The van der Waals surface area contributed by atoms with Crippen LogP contribution in [0.25, 0.3) is 0 Å². The van der Waals surface area contributed by atoms with Gasteiger partial charge in [0, 0.05) is 13.1 Å². The third-order valence-corrected chi connectivity index (χ3v) is 4.59. The molecule has 3 aliphatic rings. The Bertz CT molecular complexity index is 407. The minimum Gasteiger partial charge on any atom is -0.378 e. The second-order valence-electron chi connectivity index (χ2n) is 5.75. The third kappa shape index (κ3) is 2.32. The van der Waals surface area contributed by atoms with Crippen molar-refractivity contribution in [2.75, 3.05) is 32.8 Å². The molecule has 0 aromatic rings. The lowest BCUT2D eigenvalue weighted by Crippen LogP contribution is -2.47. The SMILES string of the molecule is O=C(CN1C(=O)[C@H]2CCCC[C@H]2C1=O)N1CCOCC1. The van der Waals surface area contributed by atoms with Gasteiger partial charge in [-0.2, -0.15) is 0 Å². The molecule has 1 saturated carbocycles. The lowest BCUT2D eigenvalue weighted by molar-refractivity contribution is -0.148. The molecule has 0 aromatic heterocycles. The summed E-state index contributed by atoms with van der Waals surface area (Å²) >= 11 is 0. The number of carbonyl (C=O) groups is 3.